The average molecular weight is 208 g/mol. The van der Waals surface area contributed by atoms with Crippen LogP contribution < -0.4 is 9.47 Å². The molecular formula is C11H12O4. The number of fused-ring (bicyclic) bond motifs is 1. The van der Waals surface area contributed by atoms with E-state index in [9.17, 15) is 4.79 Å². The van der Waals surface area contributed by atoms with E-state index in [0.717, 1.165) is 0 Å². The van der Waals surface area contributed by atoms with Crippen LogP contribution in [0.25, 0.3) is 0 Å². The molecule has 1 aliphatic rings. The summed E-state index contributed by atoms with van der Waals surface area (Å²) in [5.41, 5.74) is 0.425. The van der Waals surface area contributed by atoms with E-state index < -0.39 is 0 Å². The molecule has 1 aromatic rings. The van der Waals surface area contributed by atoms with Gasteiger partial charge in [0.15, 0.2) is 11.5 Å². The van der Waals surface area contributed by atoms with Gasteiger partial charge in [-0.1, -0.05) is 6.07 Å². The molecule has 4 heteroatoms. The lowest BCUT2D eigenvalue weighted by molar-refractivity contribution is 0.0516. The second-order valence-corrected chi connectivity index (χ2v) is 3.05. The Morgan fingerprint density at radius 3 is 3.00 bits per heavy atom. The minimum atomic E-state index is -0.375. The van der Waals surface area contributed by atoms with Crippen molar-refractivity contribution in [1.82, 2.24) is 0 Å². The molecule has 0 aliphatic carbocycles. The number of esters is 1. The van der Waals surface area contributed by atoms with Crippen LogP contribution in [0.1, 0.15) is 17.3 Å². The molecule has 0 bridgehead atoms. The van der Waals surface area contributed by atoms with E-state index in [1.54, 1.807) is 25.1 Å². The molecule has 2 rings (SSSR count). The smallest absolute Gasteiger partial charge is 0.342 e. The first kappa shape index (κ1) is 9.83. The van der Waals surface area contributed by atoms with Gasteiger partial charge in [-0.25, -0.2) is 4.79 Å². The van der Waals surface area contributed by atoms with Crippen molar-refractivity contribution < 1.29 is 19.0 Å². The van der Waals surface area contributed by atoms with Crippen LogP contribution in [0.5, 0.6) is 11.5 Å². The summed E-state index contributed by atoms with van der Waals surface area (Å²) in [5, 5.41) is 0. The number of ether oxygens (including phenoxy) is 3. The number of carbonyl (C=O) groups is 1. The lowest BCUT2D eigenvalue weighted by atomic mass is 10.2. The van der Waals surface area contributed by atoms with Crippen molar-refractivity contribution in [2.75, 3.05) is 19.8 Å². The standard InChI is InChI=1S/C11H12O4/c1-2-13-11(12)8-4-3-5-9-10(8)15-7-6-14-9/h3-5H,2,6-7H2,1H3. The van der Waals surface area contributed by atoms with Crippen molar-refractivity contribution in [1.29, 1.82) is 0 Å². The number of para-hydroxylation sites is 1. The van der Waals surface area contributed by atoms with Gasteiger partial charge < -0.3 is 14.2 Å². The highest BCUT2D eigenvalue weighted by Crippen LogP contribution is 2.33. The molecule has 0 N–H and O–H groups in total. The fourth-order valence-electron chi connectivity index (χ4n) is 1.44. The van der Waals surface area contributed by atoms with Crippen molar-refractivity contribution in [3.05, 3.63) is 23.8 Å². The van der Waals surface area contributed by atoms with Gasteiger partial charge in [0.05, 0.1) is 6.61 Å². The molecule has 0 fully saturated rings. The van der Waals surface area contributed by atoms with Crippen LogP contribution in [0.3, 0.4) is 0 Å². The first-order valence-electron chi connectivity index (χ1n) is 4.88. The van der Waals surface area contributed by atoms with Crippen LogP contribution in [0.15, 0.2) is 18.2 Å². The maximum Gasteiger partial charge on any atom is 0.342 e. The summed E-state index contributed by atoms with van der Waals surface area (Å²) in [7, 11) is 0. The molecule has 0 saturated carbocycles. The molecule has 1 heterocycles. The van der Waals surface area contributed by atoms with Crippen molar-refractivity contribution in [3.63, 3.8) is 0 Å². The Morgan fingerprint density at radius 1 is 1.40 bits per heavy atom. The summed E-state index contributed by atoms with van der Waals surface area (Å²) in [6, 6.07) is 5.20. The molecule has 1 aliphatic heterocycles. The third kappa shape index (κ3) is 1.88. The van der Waals surface area contributed by atoms with Crippen LogP contribution in [0.4, 0.5) is 0 Å². The molecule has 0 atom stereocenters. The second-order valence-electron chi connectivity index (χ2n) is 3.05. The fraction of sp³-hybridized carbons (Fsp3) is 0.364. The van der Waals surface area contributed by atoms with Crippen LogP contribution in [0, 0.1) is 0 Å². The van der Waals surface area contributed by atoms with Gasteiger partial charge in [-0.3, -0.25) is 0 Å². The minimum Gasteiger partial charge on any atom is -0.486 e. The molecular weight excluding hydrogens is 196 g/mol. The summed E-state index contributed by atoms with van der Waals surface area (Å²) in [6.45, 7) is 3.09. The van der Waals surface area contributed by atoms with Crippen LogP contribution in [-0.2, 0) is 4.74 Å². The molecule has 0 aromatic heterocycles. The van der Waals surface area contributed by atoms with E-state index in [1.165, 1.54) is 0 Å². The van der Waals surface area contributed by atoms with E-state index in [2.05, 4.69) is 0 Å². The molecule has 0 amide bonds. The van der Waals surface area contributed by atoms with E-state index >= 15 is 0 Å². The highest BCUT2D eigenvalue weighted by molar-refractivity contribution is 5.93. The number of carbonyl (C=O) groups excluding carboxylic acids is 1. The topological polar surface area (TPSA) is 44.8 Å². The minimum absolute atomic E-state index is 0.351. The van der Waals surface area contributed by atoms with Crippen molar-refractivity contribution in [2.24, 2.45) is 0 Å². The number of rotatable bonds is 2. The van der Waals surface area contributed by atoms with Gasteiger partial charge >= 0.3 is 5.97 Å². The summed E-state index contributed by atoms with van der Waals surface area (Å²) in [6.07, 6.45) is 0. The van der Waals surface area contributed by atoms with Crippen molar-refractivity contribution in [3.8, 4) is 11.5 Å². The highest BCUT2D eigenvalue weighted by atomic mass is 16.6. The van der Waals surface area contributed by atoms with Gasteiger partial charge in [0.1, 0.15) is 18.8 Å². The summed E-state index contributed by atoms with van der Waals surface area (Å²) in [5.74, 6) is 0.717. The Kier molecular flexibility index (Phi) is 2.76. The van der Waals surface area contributed by atoms with E-state index in [0.29, 0.717) is 36.9 Å². The molecule has 1 aromatic carbocycles. The van der Waals surface area contributed by atoms with Crippen molar-refractivity contribution >= 4 is 5.97 Å². The van der Waals surface area contributed by atoms with Crippen LogP contribution >= 0.6 is 0 Å². The Bertz CT molecular complexity index is 373. The van der Waals surface area contributed by atoms with Gasteiger partial charge in [-0.15, -0.1) is 0 Å². The summed E-state index contributed by atoms with van der Waals surface area (Å²) < 4.78 is 15.7. The van der Waals surface area contributed by atoms with Crippen LogP contribution in [0.2, 0.25) is 0 Å². The number of benzene rings is 1. The number of hydrogen-bond donors (Lipinski definition) is 0. The number of hydrogen-bond acceptors (Lipinski definition) is 4. The lowest BCUT2D eigenvalue weighted by Gasteiger charge is -2.20. The summed E-state index contributed by atoms with van der Waals surface area (Å²) >= 11 is 0. The zero-order valence-corrected chi connectivity index (χ0v) is 8.49. The third-order valence-electron chi connectivity index (χ3n) is 2.06. The van der Waals surface area contributed by atoms with E-state index in [-0.39, 0.29) is 5.97 Å². The second kappa shape index (κ2) is 4.21. The Hall–Kier alpha value is -1.71. The monoisotopic (exact) mass is 208 g/mol. The quantitative estimate of drug-likeness (QED) is 0.693. The maximum atomic E-state index is 11.6. The molecule has 4 nitrogen and oxygen atoms in total. The molecule has 0 radical (unpaired) electrons. The lowest BCUT2D eigenvalue weighted by Crippen LogP contribution is -2.18. The van der Waals surface area contributed by atoms with Gasteiger partial charge in [0.2, 0.25) is 0 Å². The molecule has 80 valence electrons. The first-order chi connectivity index (χ1) is 7.33. The predicted octanol–water partition coefficient (Wildman–Crippen LogP) is 1.63. The molecule has 15 heavy (non-hydrogen) atoms. The maximum absolute atomic E-state index is 11.6. The zero-order valence-electron chi connectivity index (χ0n) is 8.49. The van der Waals surface area contributed by atoms with Gasteiger partial charge in [-0.05, 0) is 19.1 Å². The van der Waals surface area contributed by atoms with E-state index in [1.807, 2.05) is 0 Å². The van der Waals surface area contributed by atoms with Crippen LogP contribution in [-0.4, -0.2) is 25.8 Å². The Balaban J connectivity index is 2.34. The Morgan fingerprint density at radius 2 is 2.20 bits per heavy atom. The highest BCUT2D eigenvalue weighted by Gasteiger charge is 2.20. The third-order valence-corrected chi connectivity index (χ3v) is 2.06. The van der Waals surface area contributed by atoms with Gasteiger partial charge in [0.25, 0.3) is 0 Å². The molecule has 0 unspecified atom stereocenters. The average Bonchev–Trinajstić information content (AvgIpc) is 2.28. The van der Waals surface area contributed by atoms with Gasteiger partial charge in [0, 0.05) is 0 Å². The molecule has 0 saturated heterocycles. The van der Waals surface area contributed by atoms with E-state index in [4.69, 9.17) is 14.2 Å². The zero-order chi connectivity index (χ0) is 10.7. The molecule has 0 spiro atoms. The first-order valence-corrected chi connectivity index (χ1v) is 4.88. The largest absolute Gasteiger partial charge is 0.486 e. The predicted molar refractivity (Wildman–Crippen MR) is 53.4 cm³/mol. The SMILES string of the molecule is CCOC(=O)c1cccc2c1OCCO2. The fourth-order valence-corrected chi connectivity index (χ4v) is 1.44. The Labute approximate surface area is 87.8 Å². The normalized spacial score (nSPS) is 13.4. The van der Waals surface area contributed by atoms with Crippen molar-refractivity contribution in [2.45, 2.75) is 6.92 Å². The van der Waals surface area contributed by atoms with Gasteiger partial charge in [-0.2, -0.15) is 0 Å². The summed E-state index contributed by atoms with van der Waals surface area (Å²) in [4.78, 5) is 11.6.